The molecule has 20 heavy (non-hydrogen) atoms. The standard InChI is InChI=1S/C14H18BrN3O2/c1-18-12-6-4-3-5-11(12)13(17-18)14(19)16-8-7-10(15)9-20-2/h3-6,10H,7-9H2,1-2H3,(H,16,19). The Balaban J connectivity index is 2.01. The zero-order valence-corrected chi connectivity index (χ0v) is 13.2. The highest BCUT2D eigenvalue weighted by atomic mass is 79.9. The molecule has 5 nitrogen and oxygen atoms in total. The number of ether oxygens (including phenoxy) is 1. The Bertz CT molecular complexity index is 597. The van der Waals surface area contributed by atoms with Gasteiger partial charge in [0, 0.05) is 30.9 Å². The van der Waals surface area contributed by atoms with Crippen LogP contribution in [-0.4, -0.2) is 40.8 Å². The summed E-state index contributed by atoms with van der Waals surface area (Å²) in [7, 11) is 3.50. The number of aromatic nitrogens is 2. The number of hydrogen-bond donors (Lipinski definition) is 1. The molecule has 0 aliphatic heterocycles. The summed E-state index contributed by atoms with van der Waals surface area (Å²) in [6.45, 7) is 1.21. The van der Waals surface area contributed by atoms with Crippen molar-refractivity contribution in [2.75, 3.05) is 20.3 Å². The number of amides is 1. The Morgan fingerprint density at radius 1 is 1.50 bits per heavy atom. The lowest BCUT2D eigenvalue weighted by molar-refractivity contribution is 0.0948. The Labute approximate surface area is 126 Å². The van der Waals surface area contributed by atoms with Gasteiger partial charge in [0.05, 0.1) is 12.1 Å². The van der Waals surface area contributed by atoms with E-state index < -0.39 is 0 Å². The summed E-state index contributed by atoms with van der Waals surface area (Å²) in [4.78, 5) is 12.4. The van der Waals surface area contributed by atoms with Gasteiger partial charge in [-0.2, -0.15) is 5.10 Å². The number of methoxy groups -OCH3 is 1. The van der Waals surface area contributed by atoms with Gasteiger partial charge < -0.3 is 10.1 Å². The summed E-state index contributed by atoms with van der Waals surface area (Å²) in [5.74, 6) is -0.140. The molecule has 0 radical (unpaired) electrons. The average Bonchev–Trinajstić information content (AvgIpc) is 2.77. The van der Waals surface area contributed by atoms with Crippen LogP contribution in [0.4, 0.5) is 0 Å². The molecule has 0 fully saturated rings. The number of para-hydroxylation sites is 1. The molecule has 1 aromatic heterocycles. The minimum absolute atomic E-state index is 0.140. The number of nitrogens with zero attached hydrogens (tertiary/aromatic N) is 2. The molecule has 0 bridgehead atoms. The number of aryl methyl sites for hydroxylation is 1. The van der Waals surface area contributed by atoms with Crippen LogP contribution in [0.1, 0.15) is 16.9 Å². The van der Waals surface area contributed by atoms with Crippen LogP contribution in [-0.2, 0) is 11.8 Å². The van der Waals surface area contributed by atoms with Gasteiger partial charge in [-0.05, 0) is 12.5 Å². The van der Waals surface area contributed by atoms with Gasteiger partial charge in [0.15, 0.2) is 5.69 Å². The van der Waals surface area contributed by atoms with Gasteiger partial charge in [-0.15, -0.1) is 0 Å². The van der Waals surface area contributed by atoms with E-state index in [0.717, 1.165) is 17.3 Å². The number of carbonyl (C=O) groups is 1. The van der Waals surface area contributed by atoms with Gasteiger partial charge in [0.25, 0.3) is 5.91 Å². The van der Waals surface area contributed by atoms with Crippen molar-refractivity contribution in [2.45, 2.75) is 11.2 Å². The smallest absolute Gasteiger partial charge is 0.272 e. The molecule has 0 saturated heterocycles. The maximum Gasteiger partial charge on any atom is 0.272 e. The molecule has 2 rings (SSSR count). The summed E-state index contributed by atoms with van der Waals surface area (Å²) in [6.07, 6.45) is 0.810. The monoisotopic (exact) mass is 339 g/mol. The molecular weight excluding hydrogens is 322 g/mol. The molecule has 1 N–H and O–H groups in total. The molecule has 2 aromatic rings. The van der Waals surface area contributed by atoms with Gasteiger partial charge in [0.1, 0.15) is 0 Å². The molecule has 0 spiro atoms. The van der Waals surface area contributed by atoms with Crippen LogP contribution in [0.25, 0.3) is 10.9 Å². The lowest BCUT2D eigenvalue weighted by atomic mass is 10.2. The first-order valence-electron chi connectivity index (χ1n) is 6.46. The first-order valence-corrected chi connectivity index (χ1v) is 7.38. The summed E-state index contributed by atoms with van der Waals surface area (Å²) in [5, 5.41) is 8.06. The van der Waals surface area contributed by atoms with Crippen molar-refractivity contribution in [1.29, 1.82) is 0 Å². The minimum Gasteiger partial charge on any atom is -0.384 e. The number of hydrogen-bond acceptors (Lipinski definition) is 3. The molecule has 1 atom stereocenters. The van der Waals surface area contributed by atoms with Crippen molar-refractivity contribution >= 4 is 32.7 Å². The van der Waals surface area contributed by atoms with Crippen LogP contribution >= 0.6 is 15.9 Å². The maximum absolute atomic E-state index is 12.2. The van der Waals surface area contributed by atoms with Gasteiger partial charge in [-0.25, -0.2) is 0 Å². The van der Waals surface area contributed by atoms with E-state index in [2.05, 4.69) is 26.3 Å². The Morgan fingerprint density at radius 2 is 2.25 bits per heavy atom. The number of benzene rings is 1. The van der Waals surface area contributed by atoms with E-state index in [4.69, 9.17) is 4.74 Å². The SMILES string of the molecule is COCC(Br)CCNC(=O)c1nn(C)c2ccccc12. The van der Waals surface area contributed by atoms with E-state index in [-0.39, 0.29) is 10.7 Å². The van der Waals surface area contributed by atoms with Crippen molar-refractivity contribution in [2.24, 2.45) is 7.05 Å². The maximum atomic E-state index is 12.2. The van der Waals surface area contributed by atoms with E-state index in [1.165, 1.54) is 0 Å². The number of nitrogens with one attached hydrogen (secondary N) is 1. The van der Waals surface area contributed by atoms with Crippen LogP contribution in [0, 0.1) is 0 Å². The number of alkyl halides is 1. The summed E-state index contributed by atoms with van der Waals surface area (Å²) >= 11 is 3.49. The van der Waals surface area contributed by atoms with E-state index in [1.807, 2.05) is 31.3 Å². The van der Waals surface area contributed by atoms with Crippen molar-refractivity contribution in [3.05, 3.63) is 30.0 Å². The summed E-state index contributed by atoms with van der Waals surface area (Å²) < 4.78 is 6.76. The van der Waals surface area contributed by atoms with Crippen molar-refractivity contribution in [1.82, 2.24) is 15.1 Å². The molecule has 1 aromatic carbocycles. The molecule has 1 heterocycles. The highest BCUT2D eigenvalue weighted by Gasteiger charge is 2.15. The fourth-order valence-corrected chi connectivity index (χ4v) is 2.57. The van der Waals surface area contributed by atoms with Gasteiger partial charge >= 0.3 is 0 Å². The first kappa shape index (κ1) is 15.0. The lowest BCUT2D eigenvalue weighted by Gasteiger charge is -2.08. The third-order valence-electron chi connectivity index (χ3n) is 3.06. The lowest BCUT2D eigenvalue weighted by Crippen LogP contribution is -2.27. The van der Waals surface area contributed by atoms with Crippen LogP contribution in [0.3, 0.4) is 0 Å². The molecule has 6 heteroatoms. The third kappa shape index (κ3) is 3.37. The topological polar surface area (TPSA) is 56.1 Å². The van der Waals surface area contributed by atoms with Gasteiger partial charge in [-0.1, -0.05) is 34.1 Å². The Kier molecular flexibility index (Phi) is 5.14. The highest BCUT2D eigenvalue weighted by molar-refractivity contribution is 9.09. The number of carbonyl (C=O) groups excluding carboxylic acids is 1. The predicted molar refractivity (Wildman–Crippen MR) is 82.3 cm³/mol. The largest absolute Gasteiger partial charge is 0.384 e. The second-order valence-corrected chi connectivity index (χ2v) is 5.88. The van der Waals surface area contributed by atoms with Crippen molar-refractivity contribution in [3.8, 4) is 0 Å². The number of rotatable bonds is 6. The fraction of sp³-hybridized carbons (Fsp3) is 0.429. The summed E-state index contributed by atoms with van der Waals surface area (Å²) in [6, 6.07) is 7.71. The minimum atomic E-state index is -0.140. The average molecular weight is 340 g/mol. The van der Waals surface area contributed by atoms with Crippen LogP contribution in [0.5, 0.6) is 0 Å². The second-order valence-electron chi connectivity index (χ2n) is 4.59. The van der Waals surface area contributed by atoms with Gasteiger partial charge in [-0.3, -0.25) is 9.48 Å². The van der Waals surface area contributed by atoms with Crippen LogP contribution < -0.4 is 5.32 Å². The first-order chi connectivity index (χ1) is 9.63. The van der Waals surface area contributed by atoms with Crippen LogP contribution in [0.2, 0.25) is 0 Å². The Morgan fingerprint density at radius 3 is 3.00 bits per heavy atom. The van der Waals surface area contributed by atoms with E-state index in [1.54, 1.807) is 11.8 Å². The zero-order valence-electron chi connectivity index (χ0n) is 11.6. The normalized spacial score (nSPS) is 12.6. The summed E-state index contributed by atoms with van der Waals surface area (Å²) in [5.41, 5.74) is 1.43. The number of halogens is 1. The molecular formula is C14H18BrN3O2. The number of fused-ring (bicyclic) bond motifs is 1. The van der Waals surface area contributed by atoms with Crippen molar-refractivity contribution < 1.29 is 9.53 Å². The molecule has 108 valence electrons. The highest BCUT2D eigenvalue weighted by Crippen LogP contribution is 2.17. The Hall–Kier alpha value is -1.40. The molecule has 0 saturated carbocycles. The van der Waals surface area contributed by atoms with E-state index in [0.29, 0.717) is 18.8 Å². The van der Waals surface area contributed by atoms with Gasteiger partial charge in [0.2, 0.25) is 0 Å². The second kappa shape index (κ2) is 6.85. The third-order valence-corrected chi connectivity index (χ3v) is 3.79. The predicted octanol–water partition coefficient (Wildman–Crippen LogP) is 2.10. The van der Waals surface area contributed by atoms with E-state index >= 15 is 0 Å². The van der Waals surface area contributed by atoms with E-state index in [9.17, 15) is 4.79 Å². The quantitative estimate of drug-likeness (QED) is 0.820. The van der Waals surface area contributed by atoms with Crippen molar-refractivity contribution in [3.63, 3.8) is 0 Å². The van der Waals surface area contributed by atoms with Crippen LogP contribution in [0.15, 0.2) is 24.3 Å². The molecule has 0 aliphatic rings. The fourth-order valence-electron chi connectivity index (χ4n) is 2.07. The zero-order chi connectivity index (χ0) is 14.5. The molecule has 1 amide bonds. The molecule has 0 aliphatic carbocycles. The molecule has 1 unspecified atom stereocenters.